The molecular formula is C31H46O11. The van der Waals surface area contributed by atoms with Gasteiger partial charge in [0, 0.05) is 30.2 Å². The summed E-state index contributed by atoms with van der Waals surface area (Å²) in [7, 11) is 1.39. The Kier molecular flexibility index (Phi) is 13.1. The Morgan fingerprint density at radius 2 is 1.43 bits per heavy atom. The molecule has 0 aromatic carbocycles. The molecular weight excluding hydrogens is 548 g/mol. The van der Waals surface area contributed by atoms with Crippen LogP contribution in [-0.2, 0) is 38.1 Å². The molecule has 3 N–H and O–H groups in total. The van der Waals surface area contributed by atoms with Crippen LogP contribution in [0.1, 0.15) is 68.7 Å². The summed E-state index contributed by atoms with van der Waals surface area (Å²) in [5.74, 6) is -5.17. The molecule has 1 fully saturated rings. The molecule has 0 amide bonds. The number of ketones is 1. The number of carbonyl (C=O) groups is 4. The first kappa shape index (κ1) is 36.9. The fourth-order valence-electron chi connectivity index (χ4n) is 4.12. The van der Waals surface area contributed by atoms with E-state index in [-0.39, 0.29) is 28.7 Å². The van der Waals surface area contributed by atoms with Gasteiger partial charge in [0.05, 0.1) is 17.6 Å². The highest BCUT2D eigenvalue weighted by Crippen LogP contribution is 2.40. The standard InChI is InChI=1S/C31H46O11/c1-12-16(4)27(35)40-20(15-21(32)30(8,9)39-11)19(7)22-23(33)26(42-29(37)18(6)14-3)31(10,38)25(34)24(22)41-28(36)17(5)13-2/h12-14,20-24,26,32-33,38H,7,15H2,1-6,8-11H3/b16-12-,17-13-,18-14-. The Labute approximate surface area is 247 Å². The Hall–Kier alpha value is -3.12. The quantitative estimate of drug-likeness (QED) is 0.132. The number of hydrogen-bond acceptors (Lipinski definition) is 11. The van der Waals surface area contributed by atoms with Gasteiger partial charge in [0.25, 0.3) is 0 Å². The van der Waals surface area contributed by atoms with Crippen LogP contribution in [0.5, 0.6) is 0 Å². The van der Waals surface area contributed by atoms with Crippen molar-refractivity contribution in [3.05, 3.63) is 47.1 Å². The third-order valence-electron chi connectivity index (χ3n) is 7.91. The van der Waals surface area contributed by atoms with Crippen molar-refractivity contribution in [2.75, 3.05) is 7.11 Å². The average molecular weight is 595 g/mol. The van der Waals surface area contributed by atoms with Gasteiger partial charge in [-0.05, 0) is 67.9 Å². The Morgan fingerprint density at radius 1 is 0.976 bits per heavy atom. The molecule has 1 aliphatic carbocycles. The molecule has 1 rings (SSSR count). The van der Waals surface area contributed by atoms with Crippen LogP contribution in [-0.4, -0.2) is 87.8 Å². The van der Waals surface area contributed by atoms with Crippen LogP contribution >= 0.6 is 0 Å². The van der Waals surface area contributed by atoms with E-state index in [2.05, 4.69) is 6.58 Å². The van der Waals surface area contributed by atoms with Crippen molar-refractivity contribution in [3.63, 3.8) is 0 Å². The van der Waals surface area contributed by atoms with Crippen molar-refractivity contribution in [1.29, 1.82) is 0 Å². The zero-order chi connectivity index (χ0) is 32.7. The first-order chi connectivity index (χ1) is 19.3. The smallest absolute Gasteiger partial charge is 0.334 e. The molecule has 42 heavy (non-hydrogen) atoms. The lowest BCUT2D eigenvalue weighted by atomic mass is 9.68. The molecule has 0 aromatic heterocycles. The molecule has 0 saturated heterocycles. The van der Waals surface area contributed by atoms with E-state index in [0.717, 1.165) is 6.92 Å². The van der Waals surface area contributed by atoms with Crippen molar-refractivity contribution in [1.82, 2.24) is 0 Å². The number of esters is 3. The van der Waals surface area contributed by atoms with Crippen LogP contribution in [0.25, 0.3) is 0 Å². The van der Waals surface area contributed by atoms with Gasteiger partial charge in [0.15, 0.2) is 17.8 Å². The number of hydrogen-bond donors (Lipinski definition) is 3. The predicted octanol–water partition coefficient (Wildman–Crippen LogP) is 2.66. The van der Waals surface area contributed by atoms with E-state index >= 15 is 0 Å². The fraction of sp³-hybridized carbons (Fsp3) is 0.613. The zero-order valence-corrected chi connectivity index (χ0v) is 26.2. The SMILES string of the molecule is C=C(C(CC(O)C(C)(C)OC)OC(=O)/C(C)=C\C)C1C(OC(=O)/C(C)=C\C)C(=O)C(C)(O)C(OC(=O)/C(C)=C\C)C1O. The summed E-state index contributed by atoms with van der Waals surface area (Å²) in [6.07, 6.45) is -3.95. The van der Waals surface area contributed by atoms with Gasteiger partial charge < -0.3 is 34.3 Å². The van der Waals surface area contributed by atoms with Gasteiger partial charge >= 0.3 is 17.9 Å². The minimum atomic E-state index is -2.49. The molecule has 11 heteroatoms. The van der Waals surface area contributed by atoms with Gasteiger partial charge in [-0.25, -0.2) is 14.4 Å². The van der Waals surface area contributed by atoms with Crippen molar-refractivity contribution >= 4 is 23.7 Å². The summed E-state index contributed by atoms with van der Waals surface area (Å²) in [4.78, 5) is 52.0. The molecule has 0 aromatic rings. The number of aliphatic hydroxyl groups excluding tert-OH is 2. The fourth-order valence-corrected chi connectivity index (χ4v) is 4.12. The summed E-state index contributed by atoms with van der Waals surface area (Å²) < 4.78 is 22.0. The van der Waals surface area contributed by atoms with E-state index < -0.39 is 71.3 Å². The largest absolute Gasteiger partial charge is 0.454 e. The molecule has 7 unspecified atom stereocenters. The van der Waals surface area contributed by atoms with Crippen molar-refractivity contribution in [2.24, 2.45) is 5.92 Å². The van der Waals surface area contributed by atoms with E-state index in [4.69, 9.17) is 18.9 Å². The van der Waals surface area contributed by atoms with E-state index in [0.29, 0.717) is 0 Å². The minimum Gasteiger partial charge on any atom is -0.454 e. The molecule has 0 aliphatic heterocycles. The topological polar surface area (TPSA) is 166 Å². The van der Waals surface area contributed by atoms with Crippen LogP contribution in [0.2, 0.25) is 0 Å². The highest BCUT2D eigenvalue weighted by molar-refractivity contribution is 5.97. The van der Waals surface area contributed by atoms with Gasteiger partial charge in [-0.15, -0.1) is 0 Å². The first-order valence-corrected chi connectivity index (χ1v) is 13.7. The van der Waals surface area contributed by atoms with Crippen LogP contribution < -0.4 is 0 Å². The molecule has 0 bridgehead atoms. The molecule has 236 valence electrons. The van der Waals surface area contributed by atoms with Crippen LogP contribution in [0, 0.1) is 5.92 Å². The predicted molar refractivity (Wildman–Crippen MR) is 154 cm³/mol. The Morgan fingerprint density at radius 3 is 1.88 bits per heavy atom. The van der Waals surface area contributed by atoms with Crippen LogP contribution in [0.4, 0.5) is 0 Å². The number of ether oxygens (including phenoxy) is 4. The summed E-state index contributed by atoms with van der Waals surface area (Å²) in [5, 5.41) is 33.8. The lowest BCUT2D eigenvalue weighted by molar-refractivity contribution is -0.210. The molecule has 0 radical (unpaired) electrons. The number of carbonyl (C=O) groups excluding carboxylic acids is 4. The lowest BCUT2D eigenvalue weighted by Crippen LogP contribution is -2.68. The maximum Gasteiger partial charge on any atom is 0.334 e. The van der Waals surface area contributed by atoms with Crippen molar-refractivity contribution in [3.8, 4) is 0 Å². The van der Waals surface area contributed by atoms with Gasteiger partial charge in [0.2, 0.25) is 5.78 Å². The van der Waals surface area contributed by atoms with Gasteiger partial charge in [-0.2, -0.15) is 0 Å². The maximum atomic E-state index is 13.7. The monoisotopic (exact) mass is 594 g/mol. The number of rotatable bonds is 12. The highest BCUT2D eigenvalue weighted by Gasteiger charge is 2.61. The summed E-state index contributed by atoms with van der Waals surface area (Å²) >= 11 is 0. The molecule has 11 nitrogen and oxygen atoms in total. The van der Waals surface area contributed by atoms with Gasteiger partial charge in [-0.1, -0.05) is 24.8 Å². The second kappa shape index (κ2) is 14.9. The summed E-state index contributed by atoms with van der Waals surface area (Å²) in [6.45, 7) is 17.5. The molecule has 0 heterocycles. The second-order valence-corrected chi connectivity index (χ2v) is 11.1. The maximum absolute atomic E-state index is 13.7. The summed E-state index contributed by atoms with van der Waals surface area (Å²) in [5.41, 5.74) is -3.19. The molecule has 7 atom stereocenters. The van der Waals surface area contributed by atoms with Gasteiger partial charge in [0.1, 0.15) is 12.2 Å². The third kappa shape index (κ3) is 8.25. The van der Waals surface area contributed by atoms with Crippen molar-refractivity contribution in [2.45, 2.75) is 110 Å². The molecule has 1 saturated carbocycles. The number of Topliss-reactive ketones (excluding diaryl/α,β-unsaturated/α-hetero) is 1. The van der Waals surface area contributed by atoms with E-state index in [1.807, 2.05) is 0 Å². The van der Waals surface area contributed by atoms with Crippen molar-refractivity contribution < 1.29 is 53.4 Å². The zero-order valence-electron chi connectivity index (χ0n) is 26.2. The van der Waals surface area contributed by atoms with E-state index in [1.54, 1.807) is 34.6 Å². The van der Waals surface area contributed by atoms with E-state index in [9.17, 15) is 34.5 Å². The normalized spacial score (nSPS) is 27.2. The minimum absolute atomic E-state index is 0.116. The third-order valence-corrected chi connectivity index (χ3v) is 7.91. The van der Waals surface area contributed by atoms with Crippen LogP contribution in [0.3, 0.4) is 0 Å². The van der Waals surface area contributed by atoms with E-state index in [1.165, 1.54) is 46.1 Å². The number of aliphatic hydroxyl groups is 3. The second-order valence-electron chi connectivity index (χ2n) is 11.1. The number of methoxy groups -OCH3 is 1. The molecule has 1 aliphatic rings. The Balaban J connectivity index is 3.79. The first-order valence-electron chi connectivity index (χ1n) is 13.7. The van der Waals surface area contributed by atoms with Crippen LogP contribution in [0.15, 0.2) is 47.1 Å². The number of allylic oxidation sites excluding steroid dienone is 3. The molecule has 0 spiro atoms. The Bertz CT molecular complexity index is 1140. The highest BCUT2D eigenvalue weighted by atomic mass is 16.6. The average Bonchev–Trinajstić information content (AvgIpc) is 2.95. The van der Waals surface area contributed by atoms with Gasteiger partial charge in [-0.3, -0.25) is 4.79 Å². The lowest BCUT2D eigenvalue weighted by Gasteiger charge is -2.47. The summed E-state index contributed by atoms with van der Waals surface area (Å²) in [6, 6.07) is 0.